The van der Waals surface area contributed by atoms with Crippen LogP contribution < -0.4 is 10.6 Å². The van der Waals surface area contributed by atoms with Crippen LogP contribution in [0.3, 0.4) is 0 Å². The Morgan fingerprint density at radius 3 is 2.82 bits per heavy atom. The maximum atomic E-state index is 12.1. The summed E-state index contributed by atoms with van der Waals surface area (Å²) < 4.78 is 1.72. The Balaban J connectivity index is 1.65. The number of hydrogen-bond donors (Lipinski definition) is 3. The number of fused-ring (bicyclic) bond motifs is 1. The van der Waals surface area contributed by atoms with E-state index in [-0.39, 0.29) is 18.2 Å². The molecule has 2 heterocycles. The van der Waals surface area contributed by atoms with Crippen LogP contribution in [0.4, 0.5) is 10.5 Å². The molecule has 0 unspecified atom stereocenters. The number of amides is 2. The van der Waals surface area contributed by atoms with Crippen molar-refractivity contribution in [2.75, 3.05) is 5.32 Å². The van der Waals surface area contributed by atoms with Crippen molar-refractivity contribution in [1.29, 1.82) is 0 Å². The number of aliphatic hydroxyl groups is 1. The fourth-order valence-corrected chi connectivity index (χ4v) is 2.95. The topological polar surface area (TPSA) is 92.1 Å². The van der Waals surface area contributed by atoms with Crippen LogP contribution in [0.25, 0.3) is 11.0 Å². The van der Waals surface area contributed by atoms with Crippen LogP contribution in [-0.2, 0) is 7.05 Å². The normalized spacial score (nSPS) is 21.8. The van der Waals surface area contributed by atoms with Crippen molar-refractivity contribution in [3.63, 3.8) is 0 Å². The summed E-state index contributed by atoms with van der Waals surface area (Å²) in [6.07, 6.45) is 4.52. The highest BCUT2D eigenvalue weighted by Gasteiger charge is 2.20. The number of anilines is 1. The average molecular weight is 303 g/mol. The predicted octanol–water partition coefficient (Wildman–Crippen LogP) is 1.70. The fourth-order valence-electron chi connectivity index (χ4n) is 2.95. The lowest BCUT2D eigenvalue weighted by Gasteiger charge is -2.26. The van der Waals surface area contributed by atoms with Crippen molar-refractivity contribution >= 4 is 22.8 Å². The molecule has 0 aliphatic heterocycles. The van der Waals surface area contributed by atoms with Crippen LogP contribution in [-0.4, -0.2) is 38.0 Å². The Bertz CT molecular complexity index is 689. The first-order valence-electron chi connectivity index (χ1n) is 7.58. The van der Waals surface area contributed by atoms with Crippen molar-refractivity contribution in [2.24, 2.45) is 7.05 Å². The van der Waals surface area contributed by atoms with E-state index in [1.54, 1.807) is 10.9 Å². The summed E-state index contributed by atoms with van der Waals surface area (Å²) in [6, 6.07) is 1.78. The van der Waals surface area contributed by atoms with Gasteiger partial charge in [0.05, 0.1) is 23.7 Å². The number of hydrogen-bond acceptors (Lipinski definition) is 4. The first-order chi connectivity index (χ1) is 10.5. The zero-order valence-electron chi connectivity index (χ0n) is 12.8. The van der Waals surface area contributed by atoms with Crippen molar-refractivity contribution in [2.45, 2.75) is 44.8 Å². The molecule has 1 aliphatic carbocycles. The third-order valence-corrected chi connectivity index (χ3v) is 4.15. The maximum absolute atomic E-state index is 12.1. The molecule has 2 amide bonds. The van der Waals surface area contributed by atoms with Gasteiger partial charge in [-0.25, -0.2) is 9.78 Å². The van der Waals surface area contributed by atoms with Crippen LogP contribution >= 0.6 is 0 Å². The van der Waals surface area contributed by atoms with Gasteiger partial charge < -0.3 is 15.7 Å². The van der Waals surface area contributed by atoms with Gasteiger partial charge in [0, 0.05) is 18.5 Å². The molecule has 1 aliphatic rings. The molecule has 2 aromatic heterocycles. The summed E-state index contributed by atoms with van der Waals surface area (Å²) in [6.45, 7) is 1.92. The minimum absolute atomic E-state index is 0.125. The molecule has 7 heteroatoms. The van der Waals surface area contributed by atoms with E-state index in [0.29, 0.717) is 5.69 Å². The van der Waals surface area contributed by atoms with Gasteiger partial charge in [-0.15, -0.1) is 0 Å². The number of nitrogens with zero attached hydrogens (tertiary/aromatic N) is 3. The predicted molar refractivity (Wildman–Crippen MR) is 83.7 cm³/mol. The van der Waals surface area contributed by atoms with Gasteiger partial charge in [0.1, 0.15) is 0 Å². The maximum Gasteiger partial charge on any atom is 0.319 e. The molecule has 0 radical (unpaired) electrons. The van der Waals surface area contributed by atoms with Crippen LogP contribution in [0, 0.1) is 6.92 Å². The van der Waals surface area contributed by atoms with Gasteiger partial charge in [0.25, 0.3) is 0 Å². The highest BCUT2D eigenvalue weighted by atomic mass is 16.3. The lowest BCUT2D eigenvalue weighted by molar-refractivity contribution is 0.118. The molecular formula is C15H21N5O2. The molecule has 22 heavy (non-hydrogen) atoms. The number of carbonyl (C=O) groups is 1. The van der Waals surface area contributed by atoms with Crippen LogP contribution in [0.5, 0.6) is 0 Å². The van der Waals surface area contributed by atoms with Gasteiger partial charge in [-0.05, 0) is 38.7 Å². The Kier molecular flexibility index (Phi) is 3.98. The number of urea groups is 1. The van der Waals surface area contributed by atoms with E-state index in [1.807, 2.05) is 20.0 Å². The summed E-state index contributed by atoms with van der Waals surface area (Å²) in [5.74, 6) is 0. The van der Waals surface area contributed by atoms with E-state index in [1.165, 1.54) is 0 Å². The van der Waals surface area contributed by atoms with E-state index in [0.717, 1.165) is 42.4 Å². The molecule has 118 valence electrons. The van der Waals surface area contributed by atoms with Gasteiger partial charge >= 0.3 is 6.03 Å². The molecule has 3 rings (SSSR count). The van der Waals surface area contributed by atoms with Gasteiger partial charge in [-0.2, -0.15) is 5.10 Å². The van der Waals surface area contributed by atoms with E-state index >= 15 is 0 Å². The van der Waals surface area contributed by atoms with Crippen molar-refractivity contribution in [1.82, 2.24) is 20.1 Å². The number of aliphatic hydroxyl groups excluding tert-OH is 1. The summed E-state index contributed by atoms with van der Waals surface area (Å²) in [4.78, 5) is 16.4. The minimum atomic E-state index is -0.232. The smallest absolute Gasteiger partial charge is 0.319 e. The minimum Gasteiger partial charge on any atom is -0.393 e. The third kappa shape index (κ3) is 3.04. The lowest BCUT2D eigenvalue weighted by atomic mass is 9.93. The molecule has 0 bridgehead atoms. The van der Waals surface area contributed by atoms with Crippen LogP contribution in [0.2, 0.25) is 0 Å². The molecule has 2 aromatic rings. The number of aromatic nitrogens is 3. The Morgan fingerprint density at radius 2 is 2.09 bits per heavy atom. The first kappa shape index (κ1) is 14.8. The molecule has 0 atom stereocenters. The second kappa shape index (κ2) is 5.92. The van der Waals surface area contributed by atoms with E-state index in [4.69, 9.17) is 0 Å². The molecule has 7 nitrogen and oxygen atoms in total. The summed E-state index contributed by atoms with van der Waals surface area (Å²) in [5.41, 5.74) is 2.33. The van der Waals surface area contributed by atoms with Crippen molar-refractivity contribution < 1.29 is 9.90 Å². The molecular weight excluding hydrogens is 282 g/mol. The summed E-state index contributed by atoms with van der Waals surface area (Å²) in [5, 5.41) is 20.5. The Hall–Kier alpha value is -2.15. The van der Waals surface area contributed by atoms with Crippen LogP contribution in [0.15, 0.2) is 12.3 Å². The second-order valence-corrected chi connectivity index (χ2v) is 5.91. The third-order valence-electron chi connectivity index (χ3n) is 4.15. The number of aryl methyl sites for hydroxylation is 2. The van der Waals surface area contributed by atoms with E-state index in [2.05, 4.69) is 20.7 Å². The summed E-state index contributed by atoms with van der Waals surface area (Å²) >= 11 is 0. The Morgan fingerprint density at radius 1 is 1.36 bits per heavy atom. The fraction of sp³-hybridized carbons (Fsp3) is 0.533. The van der Waals surface area contributed by atoms with Crippen LogP contribution in [0.1, 0.15) is 31.4 Å². The quantitative estimate of drug-likeness (QED) is 0.787. The van der Waals surface area contributed by atoms with Gasteiger partial charge in [0.2, 0.25) is 0 Å². The standard InChI is InChI=1S/C15H21N5O2/c1-9-13-7-11(8-16-14(13)20(2)19-9)18-15(22)17-10-3-5-12(21)6-4-10/h7-8,10,12,21H,3-6H2,1-2H3,(H2,17,18,22). The second-order valence-electron chi connectivity index (χ2n) is 5.91. The molecule has 0 aromatic carbocycles. The molecule has 1 saturated carbocycles. The van der Waals surface area contributed by atoms with E-state index in [9.17, 15) is 9.90 Å². The highest BCUT2D eigenvalue weighted by molar-refractivity contribution is 5.92. The number of nitrogens with one attached hydrogen (secondary N) is 2. The molecule has 3 N–H and O–H groups in total. The average Bonchev–Trinajstić information content (AvgIpc) is 2.76. The molecule has 1 fully saturated rings. The zero-order valence-corrected chi connectivity index (χ0v) is 12.8. The van der Waals surface area contributed by atoms with Gasteiger partial charge in [-0.3, -0.25) is 4.68 Å². The molecule has 0 spiro atoms. The van der Waals surface area contributed by atoms with E-state index < -0.39 is 0 Å². The number of pyridine rings is 1. The Labute approximate surface area is 128 Å². The van der Waals surface area contributed by atoms with Crippen molar-refractivity contribution in [3.05, 3.63) is 18.0 Å². The SMILES string of the molecule is Cc1nn(C)c2ncc(NC(=O)NC3CCC(O)CC3)cc12. The summed E-state index contributed by atoms with van der Waals surface area (Å²) in [7, 11) is 1.85. The monoisotopic (exact) mass is 303 g/mol. The number of rotatable bonds is 2. The number of carbonyl (C=O) groups excluding carboxylic acids is 1. The highest BCUT2D eigenvalue weighted by Crippen LogP contribution is 2.20. The molecule has 0 saturated heterocycles. The zero-order chi connectivity index (χ0) is 15.7. The largest absolute Gasteiger partial charge is 0.393 e. The van der Waals surface area contributed by atoms with Gasteiger partial charge in [-0.1, -0.05) is 0 Å². The first-order valence-corrected chi connectivity index (χ1v) is 7.58. The van der Waals surface area contributed by atoms with Crippen molar-refractivity contribution in [3.8, 4) is 0 Å². The lowest BCUT2D eigenvalue weighted by Crippen LogP contribution is -2.40. The van der Waals surface area contributed by atoms with Gasteiger partial charge in [0.15, 0.2) is 5.65 Å².